The van der Waals surface area contributed by atoms with Gasteiger partial charge in [0.2, 0.25) is 0 Å². The maximum absolute atomic E-state index is 12.4. The van der Waals surface area contributed by atoms with Gasteiger partial charge in [-0.3, -0.25) is 9.36 Å². The van der Waals surface area contributed by atoms with E-state index in [0.717, 1.165) is 18.7 Å². The summed E-state index contributed by atoms with van der Waals surface area (Å²) in [6.45, 7) is 5.05. The minimum atomic E-state index is 0.00257. The lowest BCUT2D eigenvalue weighted by Crippen LogP contribution is -2.36. The van der Waals surface area contributed by atoms with E-state index in [2.05, 4.69) is 18.8 Å². The number of benzene rings is 1. The third-order valence-corrected chi connectivity index (χ3v) is 3.63. The maximum Gasteiger partial charge on any atom is 0.261 e. The van der Waals surface area contributed by atoms with Gasteiger partial charge in [-0.25, -0.2) is 4.98 Å². The van der Waals surface area contributed by atoms with Crippen LogP contribution in [0.15, 0.2) is 23.0 Å². The number of phenolic OH excluding ortho intramolecular Hbond substituents is 1. The Morgan fingerprint density at radius 2 is 2.17 bits per heavy atom. The van der Waals surface area contributed by atoms with Gasteiger partial charge in [0.05, 0.1) is 10.9 Å². The molecular weight excluding hydrogens is 228 g/mol. The van der Waals surface area contributed by atoms with Crippen molar-refractivity contribution in [2.45, 2.75) is 33.2 Å². The van der Waals surface area contributed by atoms with Crippen molar-refractivity contribution >= 4 is 10.9 Å². The number of hydrogen-bond donors (Lipinski definition) is 1. The van der Waals surface area contributed by atoms with E-state index in [1.807, 2.05) is 0 Å². The van der Waals surface area contributed by atoms with Gasteiger partial charge in [-0.1, -0.05) is 13.8 Å². The van der Waals surface area contributed by atoms with Gasteiger partial charge in [0.1, 0.15) is 11.6 Å². The fourth-order valence-electron chi connectivity index (χ4n) is 2.57. The van der Waals surface area contributed by atoms with Crippen molar-refractivity contribution in [2.75, 3.05) is 0 Å². The van der Waals surface area contributed by atoms with Crippen molar-refractivity contribution in [2.24, 2.45) is 5.41 Å². The minimum Gasteiger partial charge on any atom is -0.508 e. The molecular formula is C14H16N2O2. The first-order valence-electron chi connectivity index (χ1n) is 6.19. The van der Waals surface area contributed by atoms with E-state index < -0.39 is 0 Å². The fraction of sp³-hybridized carbons (Fsp3) is 0.429. The van der Waals surface area contributed by atoms with Crippen molar-refractivity contribution in [3.63, 3.8) is 0 Å². The van der Waals surface area contributed by atoms with Gasteiger partial charge in [0.15, 0.2) is 0 Å². The van der Waals surface area contributed by atoms with Gasteiger partial charge in [-0.2, -0.15) is 0 Å². The molecule has 3 rings (SSSR count). The highest BCUT2D eigenvalue weighted by molar-refractivity contribution is 5.79. The molecule has 0 amide bonds. The summed E-state index contributed by atoms with van der Waals surface area (Å²) in [6, 6.07) is 4.73. The average molecular weight is 244 g/mol. The summed E-state index contributed by atoms with van der Waals surface area (Å²) in [5, 5.41) is 10.0. The lowest BCUT2D eigenvalue weighted by Gasteiger charge is -2.31. The maximum atomic E-state index is 12.4. The number of hydrogen-bond acceptors (Lipinski definition) is 3. The summed E-state index contributed by atoms with van der Waals surface area (Å²) in [5.41, 5.74) is 0.733. The Bertz CT molecular complexity index is 686. The van der Waals surface area contributed by atoms with E-state index in [9.17, 15) is 9.90 Å². The van der Waals surface area contributed by atoms with Crippen molar-refractivity contribution < 1.29 is 5.11 Å². The van der Waals surface area contributed by atoms with Gasteiger partial charge in [0, 0.05) is 19.0 Å². The van der Waals surface area contributed by atoms with E-state index in [0.29, 0.717) is 17.4 Å². The smallest absolute Gasteiger partial charge is 0.261 e. The van der Waals surface area contributed by atoms with Gasteiger partial charge < -0.3 is 5.11 Å². The Morgan fingerprint density at radius 1 is 1.39 bits per heavy atom. The highest BCUT2D eigenvalue weighted by Crippen LogP contribution is 2.29. The molecule has 18 heavy (non-hydrogen) atoms. The minimum absolute atomic E-state index is 0.00257. The summed E-state index contributed by atoms with van der Waals surface area (Å²) in [5.74, 6) is 0.980. The highest BCUT2D eigenvalue weighted by Gasteiger charge is 2.27. The lowest BCUT2D eigenvalue weighted by molar-refractivity contribution is 0.240. The first-order chi connectivity index (χ1) is 8.46. The molecule has 1 aromatic heterocycles. The third kappa shape index (κ3) is 1.68. The molecule has 0 saturated heterocycles. The van der Waals surface area contributed by atoms with Crippen LogP contribution in [0.1, 0.15) is 26.1 Å². The van der Waals surface area contributed by atoms with Crippen LogP contribution < -0.4 is 5.56 Å². The number of rotatable bonds is 0. The van der Waals surface area contributed by atoms with E-state index >= 15 is 0 Å². The normalized spacial score (nSPS) is 17.7. The Labute approximate surface area is 105 Å². The summed E-state index contributed by atoms with van der Waals surface area (Å²) in [7, 11) is 0. The Balaban J connectivity index is 2.30. The predicted octanol–water partition coefficient (Wildman–Crippen LogP) is 2.07. The van der Waals surface area contributed by atoms with Gasteiger partial charge in [-0.05, 0) is 24.0 Å². The zero-order valence-electron chi connectivity index (χ0n) is 10.6. The molecule has 2 aromatic rings. The first-order valence-corrected chi connectivity index (χ1v) is 6.19. The zero-order chi connectivity index (χ0) is 12.9. The van der Waals surface area contributed by atoms with E-state index in [4.69, 9.17) is 0 Å². The molecule has 94 valence electrons. The monoisotopic (exact) mass is 244 g/mol. The molecule has 0 atom stereocenters. The molecule has 0 spiro atoms. The molecule has 1 N–H and O–H groups in total. The van der Waals surface area contributed by atoms with Crippen molar-refractivity contribution in [1.29, 1.82) is 0 Å². The van der Waals surface area contributed by atoms with Crippen LogP contribution in [0, 0.1) is 5.41 Å². The zero-order valence-corrected chi connectivity index (χ0v) is 10.6. The largest absolute Gasteiger partial charge is 0.508 e. The van der Waals surface area contributed by atoms with Crippen molar-refractivity contribution in [3.05, 3.63) is 34.4 Å². The molecule has 1 aliphatic heterocycles. The summed E-state index contributed by atoms with van der Waals surface area (Å²) >= 11 is 0. The van der Waals surface area contributed by atoms with Crippen molar-refractivity contribution in [3.8, 4) is 5.75 Å². The Kier molecular flexibility index (Phi) is 2.24. The predicted molar refractivity (Wildman–Crippen MR) is 69.8 cm³/mol. The number of phenols is 1. The van der Waals surface area contributed by atoms with E-state index in [1.54, 1.807) is 16.7 Å². The molecule has 0 aliphatic carbocycles. The molecule has 0 saturated carbocycles. The topological polar surface area (TPSA) is 55.1 Å². The molecule has 0 bridgehead atoms. The molecule has 0 unspecified atom stereocenters. The molecule has 4 nitrogen and oxygen atoms in total. The number of aromatic nitrogens is 2. The summed E-state index contributed by atoms with van der Waals surface area (Å²) in [6.07, 6.45) is 1.84. The third-order valence-electron chi connectivity index (χ3n) is 3.63. The van der Waals surface area contributed by atoms with E-state index in [1.165, 1.54) is 6.07 Å². The average Bonchev–Trinajstić information content (AvgIpc) is 2.30. The molecule has 1 aromatic carbocycles. The second-order valence-electron chi connectivity index (χ2n) is 5.78. The summed E-state index contributed by atoms with van der Waals surface area (Å²) < 4.78 is 1.78. The number of nitrogens with zero attached hydrogens (tertiary/aromatic N) is 2. The van der Waals surface area contributed by atoms with Crippen LogP contribution in [0.2, 0.25) is 0 Å². The highest BCUT2D eigenvalue weighted by atomic mass is 16.3. The van der Waals surface area contributed by atoms with Gasteiger partial charge in [-0.15, -0.1) is 0 Å². The number of fused-ring (bicyclic) bond motifs is 2. The molecule has 4 heteroatoms. The molecule has 0 fully saturated rings. The second-order valence-corrected chi connectivity index (χ2v) is 5.78. The van der Waals surface area contributed by atoms with Gasteiger partial charge in [0.25, 0.3) is 5.56 Å². The molecule has 2 heterocycles. The second kappa shape index (κ2) is 3.57. The number of aromatic hydroxyl groups is 1. The van der Waals surface area contributed by atoms with Crippen LogP contribution in [0.4, 0.5) is 0 Å². The quantitative estimate of drug-likeness (QED) is 0.772. The van der Waals surface area contributed by atoms with Crippen molar-refractivity contribution in [1.82, 2.24) is 9.55 Å². The molecule has 1 aliphatic rings. The molecule has 0 radical (unpaired) electrons. The SMILES string of the molecule is CC1(C)CCc2nc3cc(O)ccc3c(=O)n2C1. The van der Waals surface area contributed by atoms with Crippen LogP contribution in [0.25, 0.3) is 10.9 Å². The Hall–Kier alpha value is -1.84. The standard InChI is InChI=1S/C14H16N2O2/c1-14(2)6-5-12-15-11-7-9(17)3-4-10(11)13(18)16(12)8-14/h3-4,7,17H,5-6,8H2,1-2H3. The van der Waals surface area contributed by atoms with Crippen LogP contribution in [-0.4, -0.2) is 14.7 Å². The van der Waals surface area contributed by atoms with Crippen LogP contribution in [0.3, 0.4) is 0 Å². The fourth-order valence-corrected chi connectivity index (χ4v) is 2.57. The van der Waals surface area contributed by atoms with Crippen LogP contribution in [0.5, 0.6) is 5.75 Å². The lowest BCUT2D eigenvalue weighted by atomic mass is 9.85. The Morgan fingerprint density at radius 3 is 2.94 bits per heavy atom. The van der Waals surface area contributed by atoms with Crippen LogP contribution >= 0.6 is 0 Å². The summed E-state index contributed by atoms with van der Waals surface area (Å²) in [4.78, 5) is 16.9. The van der Waals surface area contributed by atoms with Crippen LogP contribution in [-0.2, 0) is 13.0 Å². The number of aryl methyl sites for hydroxylation is 1. The van der Waals surface area contributed by atoms with Gasteiger partial charge >= 0.3 is 0 Å². The first kappa shape index (κ1) is 11.3. The van der Waals surface area contributed by atoms with E-state index in [-0.39, 0.29) is 16.7 Å².